The molecule has 2 N–H and O–H groups in total. The van der Waals surface area contributed by atoms with Gasteiger partial charge in [-0.15, -0.1) is 0 Å². The Morgan fingerprint density at radius 3 is 2.31 bits per heavy atom. The number of anilines is 2. The van der Waals surface area contributed by atoms with Gasteiger partial charge < -0.3 is 15.5 Å². The number of rotatable bonds is 4. The van der Waals surface area contributed by atoms with Crippen molar-refractivity contribution >= 4 is 28.7 Å². The zero-order chi connectivity index (χ0) is 18.5. The molecule has 1 fully saturated rings. The molecule has 5 heteroatoms. The molecule has 1 heterocycles. The van der Waals surface area contributed by atoms with Gasteiger partial charge in [-0.1, -0.05) is 19.1 Å². The fourth-order valence-corrected chi connectivity index (χ4v) is 3.52. The molecule has 0 spiro atoms. The molecule has 0 saturated carbocycles. The van der Waals surface area contributed by atoms with E-state index in [4.69, 9.17) is 12.2 Å². The second-order valence-corrected chi connectivity index (χ2v) is 7.50. The molecule has 1 unspecified atom stereocenters. The van der Waals surface area contributed by atoms with Gasteiger partial charge in [0, 0.05) is 24.5 Å². The van der Waals surface area contributed by atoms with Crippen molar-refractivity contribution in [1.82, 2.24) is 5.32 Å². The summed E-state index contributed by atoms with van der Waals surface area (Å²) >= 11 is 5.36. The van der Waals surface area contributed by atoms with Crippen LogP contribution >= 0.6 is 12.2 Å². The second kappa shape index (κ2) is 8.49. The second-order valence-electron chi connectivity index (χ2n) is 7.09. The average Bonchev–Trinajstić information content (AvgIpc) is 2.64. The molecule has 0 amide bonds. The first kappa shape index (κ1) is 18.6. The maximum atomic E-state index is 13.0. The SMILES string of the molecule is CC1CCN(c2ccc(C(C)NC(=S)Nc3ccc(F)cc3)cc2)CC1. The van der Waals surface area contributed by atoms with Crippen LogP contribution in [0, 0.1) is 11.7 Å². The maximum absolute atomic E-state index is 13.0. The molecule has 1 aliphatic rings. The van der Waals surface area contributed by atoms with E-state index in [1.54, 1.807) is 12.1 Å². The van der Waals surface area contributed by atoms with Crippen LogP contribution in [0.5, 0.6) is 0 Å². The highest BCUT2D eigenvalue weighted by Gasteiger charge is 2.16. The van der Waals surface area contributed by atoms with Crippen molar-refractivity contribution in [2.24, 2.45) is 5.92 Å². The van der Waals surface area contributed by atoms with Gasteiger partial charge in [-0.05, 0) is 79.9 Å². The van der Waals surface area contributed by atoms with Gasteiger partial charge in [0.05, 0.1) is 6.04 Å². The van der Waals surface area contributed by atoms with Gasteiger partial charge in [-0.2, -0.15) is 0 Å². The van der Waals surface area contributed by atoms with Gasteiger partial charge in [0.2, 0.25) is 0 Å². The molecule has 2 aromatic carbocycles. The summed E-state index contributed by atoms with van der Waals surface area (Å²) in [5, 5.41) is 6.89. The van der Waals surface area contributed by atoms with E-state index in [2.05, 4.69) is 53.6 Å². The molecule has 2 aromatic rings. The third-order valence-electron chi connectivity index (χ3n) is 4.99. The molecule has 3 nitrogen and oxygen atoms in total. The van der Waals surface area contributed by atoms with Crippen molar-refractivity contribution in [3.8, 4) is 0 Å². The predicted octanol–water partition coefficient (Wildman–Crippen LogP) is 5.11. The molecule has 0 radical (unpaired) electrons. The maximum Gasteiger partial charge on any atom is 0.171 e. The van der Waals surface area contributed by atoms with Gasteiger partial charge in [0.15, 0.2) is 5.11 Å². The highest BCUT2D eigenvalue weighted by atomic mass is 32.1. The Hall–Kier alpha value is -2.14. The Bertz CT molecular complexity index is 722. The minimum absolute atomic E-state index is 0.0888. The van der Waals surface area contributed by atoms with Crippen LogP contribution in [-0.2, 0) is 0 Å². The number of halogens is 1. The Labute approximate surface area is 160 Å². The summed E-state index contributed by atoms with van der Waals surface area (Å²) in [6.45, 7) is 6.69. The van der Waals surface area contributed by atoms with Crippen molar-refractivity contribution in [3.05, 3.63) is 59.9 Å². The van der Waals surface area contributed by atoms with E-state index in [-0.39, 0.29) is 11.9 Å². The summed E-state index contributed by atoms with van der Waals surface area (Å²) in [6, 6.07) is 15.0. The van der Waals surface area contributed by atoms with E-state index in [9.17, 15) is 4.39 Å². The van der Waals surface area contributed by atoms with Crippen molar-refractivity contribution in [1.29, 1.82) is 0 Å². The van der Waals surface area contributed by atoms with Gasteiger partial charge in [0.25, 0.3) is 0 Å². The molecule has 138 valence electrons. The highest BCUT2D eigenvalue weighted by Crippen LogP contribution is 2.24. The molecule has 1 aliphatic heterocycles. The lowest BCUT2D eigenvalue weighted by molar-refractivity contribution is 0.438. The monoisotopic (exact) mass is 371 g/mol. The van der Waals surface area contributed by atoms with Crippen LogP contribution in [0.4, 0.5) is 15.8 Å². The fraction of sp³-hybridized carbons (Fsp3) is 0.381. The van der Waals surface area contributed by atoms with Crippen LogP contribution in [0.1, 0.15) is 38.3 Å². The molecule has 0 aromatic heterocycles. The lowest BCUT2D eigenvalue weighted by atomic mass is 9.98. The Kier molecular flexibility index (Phi) is 6.09. The first-order chi connectivity index (χ1) is 12.5. The van der Waals surface area contributed by atoms with Crippen molar-refractivity contribution in [2.75, 3.05) is 23.3 Å². The highest BCUT2D eigenvalue weighted by molar-refractivity contribution is 7.80. The van der Waals surface area contributed by atoms with E-state index < -0.39 is 0 Å². The summed E-state index contributed by atoms with van der Waals surface area (Å²) < 4.78 is 13.0. The molecule has 1 saturated heterocycles. The summed E-state index contributed by atoms with van der Waals surface area (Å²) in [4.78, 5) is 2.46. The largest absolute Gasteiger partial charge is 0.372 e. The zero-order valence-corrected chi connectivity index (χ0v) is 16.2. The Balaban J connectivity index is 1.54. The van der Waals surface area contributed by atoms with Crippen molar-refractivity contribution in [3.63, 3.8) is 0 Å². The number of hydrogen-bond acceptors (Lipinski definition) is 2. The molecule has 0 bridgehead atoms. The average molecular weight is 372 g/mol. The van der Waals surface area contributed by atoms with E-state index in [0.29, 0.717) is 5.11 Å². The third kappa shape index (κ3) is 4.94. The summed E-state index contributed by atoms with van der Waals surface area (Å²) in [5.41, 5.74) is 3.24. The van der Waals surface area contributed by atoms with Crippen LogP contribution in [0.25, 0.3) is 0 Å². The first-order valence-corrected chi connectivity index (χ1v) is 9.60. The fourth-order valence-electron chi connectivity index (χ4n) is 3.22. The lowest BCUT2D eigenvalue weighted by Gasteiger charge is -2.32. The molecule has 1 atom stereocenters. The minimum Gasteiger partial charge on any atom is -0.372 e. The van der Waals surface area contributed by atoms with Crippen molar-refractivity contribution in [2.45, 2.75) is 32.7 Å². The number of piperidine rings is 1. The van der Waals surface area contributed by atoms with Gasteiger partial charge >= 0.3 is 0 Å². The van der Waals surface area contributed by atoms with E-state index in [1.165, 1.54) is 36.2 Å². The predicted molar refractivity (Wildman–Crippen MR) is 111 cm³/mol. The summed E-state index contributed by atoms with van der Waals surface area (Å²) in [6.07, 6.45) is 2.53. The quantitative estimate of drug-likeness (QED) is 0.731. The smallest absolute Gasteiger partial charge is 0.171 e. The van der Waals surface area contributed by atoms with Gasteiger partial charge in [0.1, 0.15) is 5.82 Å². The molecular weight excluding hydrogens is 345 g/mol. The molecule has 0 aliphatic carbocycles. The van der Waals surface area contributed by atoms with E-state index >= 15 is 0 Å². The normalized spacial score (nSPS) is 16.2. The molecule has 3 rings (SSSR count). The zero-order valence-electron chi connectivity index (χ0n) is 15.3. The Morgan fingerprint density at radius 1 is 1.08 bits per heavy atom. The van der Waals surface area contributed by atoms with Crippen LogP contribution in [-0.4, -0.2) is 18.2 Å². The number of nitrogens with one attached hydrogen (secondary N) is 2. The van der Waals surface area contributed by atoms with E-state index in [0.717, 1.165) is 24.7 Å². The third-order valence-corrected chi connectivity index (χ3v) is 5.21. The van der Waals surface area contributed by atoms with Crippen LogP contribution < -0.4 is 15.5 Å². The standard InChI is InChI=1S/C21H26FN3S/c1-15-11-13-25(14-12-15)20-9-3-17(4-10-20)16(2)23-21(26)24-19-7-5-18(22)6-8-19/h3-10,15-16H,11-14H2,1-2H3,(H2,23,24,26). The number of benzene rings is 2. The van der Waals surface area contributed by atoms with Gasteiger partial charge in [-0.3, -0.25) is 0 Å². The van der Waals surface area contributed by atoms with E-state index in [1.807, 2.05) is 0 Å². The van der Waals surface area contributed by atoms with Crippen LogP contribution in [0.15, 0.2) is 48.5 Å². The lowest BCUT2D eigenvalue weighted by Crippen LogP contribution is -2.33. The minimum atomic E-state index is -0.258. The number of nitrogens with zero attached hydrogens (tertiary/aromatic N) is 1. The number of hydrogen-bond donors (Lipinski definition) is 2. The molecule has 26 heavy (non-hydrogen) atoms. The summed E-state index contributed by atoms with van der Waals surface area (Å²) in [5.74, 6) is 0.579. The van der Waals surface area contributed by atoms with Gasteiger partial charge in [-0.25, -0.2) is 4.39 Å². The molecular formula is C21H26FN3S. The first-order valence-electron chi connectivity index (χ1n) is 9.19. The Morgan fingerprint density at radius 2 is 1.69 bits per heavy atom. The summed E-state index contributed by atoms with van der Waals surface area (Å²) in [7, 11) is 0. The van der Waals surface area contributed by atoms with Crippen molar-refractivity contribution < 1.29 is 4.39 Å². The van der Waals surface area contributed by atoms with Crippen LogP contribution in [0.3, 0.4) is 0 Å². The van der Waals surface area contributed by atoms with Crippen LogP contribution in [0.2, 0.25) is 0 Å². The topological polar surface area (TPSA) is 27.3 Å². The number of thiocarbonyl (C=S) groups is 1.